The van der Waals surface area contributed by atoms with Crippen LogP contribution in [0.5, 0.6) is 0 Å². The van der Waals surface area contributed by atoms with Crippen molar-refractivity contribution in [3.05, 3.63) is 59.7 Å². The first-order valence-electron chi connectivity index (χ1n) is 6.13. The zero-order valence-corrected chi connectivity index (χ0v) is 12.0. The van der Waals surface area contributed by atoms with Crippen molar-refractivity contribution in [1.29, 1.82) is 0 Å². The van der Waals surface area contributed by atoms with E-state index in [4.69, 9.17) is 5.73 Å². The van der Waals surface area contributed by atoms with Gasteiger partial charge in [0.15, 0.2) is 0 Å². The molecule has 0 heterocycles. The molecule has 0 amide bonds. The molecule has 3 N–H and O–H groups in total. The van der Waals surface area contributed by atoms with Gasteiger partial charge in [0.2, 0.25) is 0 Å². The Balaban J connectivity index is 2.35. The molecule has 0 fully saturated rings. The number of benzene rings is 2. The molecule has 2 rings (SSSR count). The lowest BCUT2D eigenvalue weighted by molar-refractivity contribution is 0.551. The Bertz CT molecular complexity index is 761. The number of anilines is 1. The van der Waals surface area contributed by atoms with Crippen LogP contribution in [0.15, 0.2) is 47.4 Å². The van der Waals surface area contributed by atoms with E-state index in [9.17, 15) is 17.2 Å². The molecule has 112 valence electrons. The van der Waals surface area contributed by atoms with Gasteiger partial charge in [-0.25, -0.2) is 17.2 Å². The van der Waals surface area contributed by atoms with Crippen LogP contribution in [-0.4, -0.2) is 8.42 Å². The minimum atomic E-state index is -4.14. The summed E-state index contributed by atoms with van der Waals surface area (Å²) < 4.78 is 52.9. The molecular weight excluding hydrogens is 298 g/mol. The molecule has 0 aliphatic carbocycles. The molecule has 2 aromatic rings. The third kappa shape index (κ3) is 3.56. The van der Waals surface area contributed by atoms with Crippen LogP contribution in [0.1, 0.15) is 18.5 Å². The smallest absolute Gasteiger partial charge is 0.264 e. The summed E-state index contributed by atoms with van der Waals surface area (Å²) in [4.78, 5) is -0.616. The molecule has 0 radical (unpaired) electrons. The lowest BCUT2D eigenvalue weighted by Gasteiger charge is -2.11. The van der Waals surface area contributed by atoms with E-state index in [1.165, 1.54) is 6.07 Å². The van der Waals surface area contributed by atoms with E-state index in [2.05, 4.69) is 4.72 Å². The van der Waals surface area contributed by atoms with Crippen LogP contribution in [-0.2, 0) is 10.0 Å². The Labute approximate surface area is 121 Å². The first-order chi connectivity index (χ1) is 9.79. The molecule has 0 saturated carbocycles. The first-order valence-corrected chi connectivity index (χ1v) is 7.61. The number of rotatable bonds is 4. The number of nitrogens with two attached hydrogens (primary N) is 1. The van der Waals surface area contributed by atoms with Crippen molar-refractivity contribution in [3.63, 3.8) is 0 Å². The molecule has 0 spiro atoms. The molecular formula is C14H14F2N2O2S. The maximum atomic E-state index is 13.6. The van der Waals surface area contributed by atoms with Gasteiger partial charge in [0.25, 0.3) is 10.0 Å². The Morgan fingerprint density at radius 1 is 1.14 bits per heavy atom. The van der Waals surface area contributed by atoms with Gasteiger partial charge in [-0.15, -0.1) is 0 Å². The Morgan fingerprint density at radius 2 is 1.86 bits per heavy atom. The standard InChI is InChI=1S/C14H14F2N2O2S/c1-9(17)10-3-2-4-12(7-10)18-21(19,20)14-6-5-11(15)8-13(14)16/h2-9,18H,17H2,1H3. The Hall–Kier alpha value is -1.99. The molecule has 0 saturated heterocycles. The zero-order chi connectivity index (χ0) is 15.6. The average molecular weight is 312 g/mol. The van der Waals surface area contributed by atoms with Crippen LogP contribution in [0.2, 0.25) is 0 Å². The van der Waals surface area contributed by atoms with Crippen molar-refractivity contribution >= 4 is 15.7 Å². The summed E-state index contributed by atoms with van der Waals surface area (Å²) in [5.41, 5.74) is 6.71. The summed E-state index contributed by atoms with van der Waals surface area (Å²) in [6.07, 6.45) is 0. The van der Waals surface area contributed by atoms with E-state index in [1.807, 2.05) is 0 Å². The van der Waals surface area contributed by atoms with Gasteiger partial charge in [-0.1, -0.05) is 12.1 Å². The quantitative estimate of drug-likeness (QED) is 0.912. The van der Waals surface area contributed by atoms with E-state index >= 15 is 0 Å². The molecule has 1 unspecified atom stereocenters. The van der Waals surface area contributed by atoms with Crippen LogP contribution in [0.4, 0.5) is 14.5 Å². The van der Waals surface area contributed by atoms with Crippen LogP contribution in [0.25, 0.3) is 0 Å². The summed E-state index contributed by atoms with van der Waals surface area (Å²) >= 11 is 0. The largest absolute Gasteiger partial charge is 0.324 e. The van der Waals surface area contributed by atoms with Crippen molar-refractivity contribution in [2.75, 3.05) is 4.72 Å². The van der Waals surface area contributed by atoms with Crippen LogP contribution < -0.4 is 10.5 Å². The maximum absolute atomic E-state index is 13.6. The number of nitrogens with one attached hydrogen (secondary N) is 1. The number of halogens is 2. The fourth-order valence-corrected chi connectivity index (χ4v) is 2.90. The van der Waals surface area contributed by atoms with E-state index < -0.39 is 26.6 Å². The predicted molar refractivity (Wildman–Crippen MR) is 76.2 cm³/mol. The van der Waals surface area contributed by atoms with Crippen LogP contribution in [0, 0.1) is 11.6 Å². The van der Waals surface area contributed by atoms with Gasteiger partial charge >= 0.3 is 0 Å². The van der Waals surface area contributed by atoms with Gasteiger partial charge in [0.05, 0.1) is 0 Å². The number of hydrogen-bond donors (Lipinski definition) is 2. The van der Waals surface area contributed by atoms with Crippen molar-refractivity contribution < 1.29 is 17.2 Å². The number of sulfonamides is 1. The summed E-state index contributed by atoms with van der Waals surface area (Å²) in [5.74, 6) is -1.99. The van der Waals surface area contributed by atoms with Gasteiger partial charge in [-0.3, -0.25) is 4.72 Å². The summed E-state index contributed by atoms with van der Waals surface area (Å²) in [5, 5.41) is 0. The lowest BCUT2D eigenvalue weighted by atomic mass is 10.1. The summed E-state index contributed by atoms with van der Waals surface area (Å²) in [6, 6.07) is 8.48. The van der Waals surface area contributed by atoms with Crippen LogP contribution >= 0.6 is 0 Å². The van der Waals surface area contributed by atoms with E-state index in [0.717, 1.165) is 17.7 Å². The second-order valence-electron chi connectivity index (χ2n) is 4.59. The normalized spacial score (nSPS) is 13.0. The minimum absolute atomic E-state index is 0.258. The zero-order valence-electron chi connectivity index (χ0n) is 11.2. The van der Waals surface area contributed by atoms with E-state index in [0.29, 0.717) is 6.07 Å². The maximum Gasteiger partial charge on any atom is 0.264 e. The van der Waals surface area contributed by atoms with Crippen LogP contribution in [0.3, 0.4) is 0 Å². The highest BCUT2D eigenvalue weighted by molar-refractivity contribution is 7.92. The molecule has 4 nitrogen and oxygen atoms in total. The molecule has 0 aromatic heterocycles. The van der Waals surface area contributed by atoms with Crippen molar-refractivity contribution in [2.24, 2.45) is 5.73 Å². The SMILES string of the molecule is CC(N)c1cccc(NS(=O)(=O)c2ccc(F)cc2F)c1. The highest BCUT2D eigenvalue weighted by atomic mass is 32.2. The Morgan fingerprint density at radius 3 is 2.48 bits per heavy atom. The second kappa shape index (κ2) is 5.79. The molecule has 0 bridgehead atoms. The van der Waals surface area contributed by atoms with Gasteiger partial charge in [0, 0.05) is 17.8 Å². The van der Waals surface area contributed by atoms with Crippen molar-refractivity contribution in [2.45, 2.75) is 17.9 Å². The molecule has 2 aromatic carbocycles. The highest BCUT2D eigenvalue weighted by Crippen LogP contribution is 2.21. The second-order valence-corrected chi connectivity index (χ2v) is 6.25. The predicted octanol–water partition coefficient (Wildman–Crippen LogP) is 2.79. The number of hydrogen-bond acceptors (Lipinski definition) is 3. The molecule has 1 atom stereocenters. The summed E-state index contributed by atoms with van der Waals surface area (Å²) in [7, 11) is -4.14. The molecule has 0 aliphatic rings. The monoisotopic (exact) mass is 312 g/mol. The van der Waals surface area contributed by atoms with Crippen molar-refractivity contribution in [1.82, 2.24) is 0 Å². The van der Waals surface area contributed by atoms with Gasteiger partial charge < -0.3 is 5.73 Å². The minimum Gasteiger partial charge on any atom is -0.324 e. The molecule has 0 aliphatic heterocycles. The van der Waals surface area contributed by atoms with E-state index in [-0.39, 0.29) is 11.7 Å². The average Bonchev–Trinajstić information content (AvgIpc) is 2.37. The van der Waals surface area contributed by atoms with E-state index in [1.54, 1.807) is 25.1 Å². The lowest BCUT2D eigenvalue weighted by Crippen LogP contribution is -2.15. The Kier molecular flexibility index (Phi) is 4.24. The van der Waals surface area contributed by atoms with Crippen molar-refractivity contribution in [3.8, 4) is 0 Å². The third-order valence-electron chi connectivity index (χ3n) is 2.85. The molecule has 7 heteroatoms. The highest BCUT2D eigenvalue weighted by Gasteiger charge is 2.19. The summed E-state index contributed by atoms with van der Waals surface area (Å²) in [6.45, 7) is 1.76. The fourth-order valence-electron chi connectivity index (χ4n) is 1.79. The first kappa shape index (κ1) is 15.4. The van der Waals surface area contributed by atoms with Gasteiger partial charge in [-0.2, -0.15) is 0 Å². The topological polar surface area (TPSA) is 72.2 Å². The molecule has 21 heavy (non-hydrogen) atoms. The fraction of sp³-hybridized carbons (Fsp3) is 0.143. The third-order valence-corrected chi connectivity index (χ3v) is 4.26. The van der Waals surface area contributed by atoms with Gasteiger partial charge in [-0.05, 0) is 36.8 Å². The van der Waals surface area contributed by atoms with Gasteiger partial charge in [0.1, 0.15) is 16.5 Å².